The molecule has 0 radical (unpaired) electrons. The minimum absolute atomic E-state index is 0.00576. The number of methoxy groups -OCH3 is 1. The molecule has 0 spiro atoms. The number of amides is 1. The van der Waals surface area contributed by atoms with Crippen LogP contribution in [0, 0.1) is 12.8 Å². The summed E-state index contributed by atoms with van der Waals surface area (Å²) in [5, 5.41) is 9.56. The summed E-state index contributed by atoms with van der Waals surface area (Å²) in [6, 6.07) is 7.83. The van der Waals surface area contributed by atoms with Gasteiger partial charge in [-0.05, 0) is 98.5 Å². The first-order valence-corrected chi connectivity index (χ1v) is 16.0. The van der Waals surface area contributed by atoms with E-state index in [1.54, 1.807) is 6.07 Å². The molecule has 3 aromatic rings. The monoisotopic (exact) mass is 691 g/mol. The van der Waals surface area contributed by atoms with Crippen LogP contribution in [0.15, 0.2) is 42.5 Å². The molecule has 6 rings (SSSR count). The molecule has 3 fully saturated rings. The molecular weight excluding hydrogens is 656 g/mol. The van der Waals surface area contributed by atoms with Crippen molar-refractivity contribution in [1.29, 1.82) is 0 Å². The van der Waals surface area contributed by atoms with Crippen molar-refractivity contribution >= 4 is 17.9 Å². The number of anilines is 1. The molecule has 2 saturated heterocycles. The Balaban J connectivity index is 1.40. The molecule has 3 aliphatic rings. The van der Waals surface area contributed by atoms with Crippen LogP contribution >= 0.6 is 0 Å². The quantitative estimate of drug-likeness (QED) is 0.238. The molecule has 262 valence electrons. The maximum absolute atomic E-state index is 13.7. The second kappa shape index (κ2) is 12.8. The van der Waals surface area contributed by atoms with Gasteiger partial charge in [0.15, 0.2) is 0 Å². The van der Waals surface area contributed by atoms with Crippen LogP contribution in [-0.4, -0.2) is 53.3 Å². The number of halogens is 6. The van der Waals surface area contributed by atoms with Crippen LogP contribution in [0.2, 0.25) is 0 Å². The number of hydrogen-bond donors (Lipinski definition) is 1. The predicted molar refractivity (Wildman–Crippen MR) is 166 cm³/mol. The Bertz CT molecular complexity index is 1740. The Hall–Kier alpha value is -4.49. The molecule has 2 unspecified atom stereocenters. The topological polar surface area (TPSA) is 92.2 Å². The fraction of sp³-hybridized carbons (Fsp3) is 0.457. The van der Waals surface area contributed by atoms with Gasteiger partial charge in [0.25, 0.3) is 0 Å². The van der Waals surface area contributed by atoms with Gasteiger partial charge in [-0.2, -0.15) is 26.3 Å². The van der Waals surface area contributed by atoms with Gasteiger partial charge in [-0.1, -0.05) is 6.07 Å². The maximum Gasteiger partial charge on any atom is 0.416 e. The number of pyridine rings is 1. The number of cyclic esters (lactones) is 1. The van der Waals surface area contributed by atoms with E-state index in [0.717, 1.165) is 30.6 Å². The molecule has 1 amide bonds. The lowest BCUT2D eigenvalue weighted by Crippen LogP contribution is -2.38. The molecule has 2 aliphatic heterocycles. The van der Waals surface area contributed by atoms with Crippen molar-refractivity contribution in [1.82, 2.24) is 9.88 Å². The summed E-state index contributed by atoms with van der Waals surface area (Å²) in [5.74, 6) is -0.0823. The van der Waals surface area contributed by atoms with E-state index in [0.29, 0.717) is 59.8 Å². The second-order valence-electron chi connectivity index (χ2n) is 13.0. The zero-order valence-corrected chi connectivity index (χ0v) is 27.0. The number of aromatic nitrogens is 1. The van der Waals surface area contributed by atoms with E-state index < -0.39 is 59.2 Å². The van der Waals surface area contributed by atoms with Gasteiger partial charge in [-0.3, -0.25) is 9.69 Å². The SMILES string of the molecule is COc1ccc([C@@H]2CC[C@@H](C(=O)O)C2)cc1-c1c(C)cc(N2CCC2)nc1CN1C(=O)OC(c2cc(C(F)(F)F)cc(C(F)(F)F)c2)C1C. The average Bonchev–Trinajstić information content (AvgIpc) is 3.60. The molecule has 3 heterocycles. The fourth-order valence-electron chi connectivity index (χ4n) is 7.06. The highest BCUT2D eigenvalue weighted by atomic mass is 19.4. The molecule has 1 aromatic heterocycles. The van der Waals surface area contributed by atoms with Gasteiger partial charge in [0, 0.05) is 24.2 Å². The van der Waals surface area contributed by atoms with Crippen LogP contribution in [0.5, 0.6) is 5.75 Å². The maximum atomic E-state index is 13.7. The van der Waals surface area contributed by atoms with Crippen LogP contribution in [0.1, 0.15) is 78.1 Å². The van der Waals surface area contributed by atoms with Gasteiger partial charge in [-0.15, -0.1) is 0 Å². The number of rotatable bonds is 8. The zero-order valence-electron chi connectivity index (χ0n) is 27.0. The van der Waals surface area contributed by atoms with Gasteiger partial charge in [0.05, 0.1) is 42.4 Å². The summed E-state index contributed by atoms with van der Waals surface area (Å²) in [6.45, 7) is 4.80. The molecule has 1 aliphatic carbocycles. The second-order valence-corrected chi connectivity index (χ2v) is 13.0. The van der Waals surface area contributed by atoms with Gasteiger partial charge in [0.2, 0.25) is 0 Å². The Morgan fingerprint density at radius 1 is 1.00 bits per heavy atom. The third-order valence-electron chi connectivity index (χ3n) is 9.85. The van der Waals surface area contributed by atoms with Crippen molar-refractivity contribution in [2.45, 2.75) is 76.5 Å². The Morgan fingerprint density at radius 3 is 2.22 bits per heavy atom. The van der Waals surface area contributed by atoms with E-state index in [-0.39, 0.29) is 18.5 Å². The third kappa shape index (κ3) is 6.73. The van der Waals surface area contributed by atoms with E-state index in [9.17, 15) is 41.0 Å². The van der Waals surface area contributed by atoms with Crippen molar-refractivity contribution in [2.24, 2.45) is 5.92 Å². The third-order valence-corrected chi connectivity index (χ3v) is 9.85. The number of carbonyl (C=O) groups is 2. The summed E-state index contributed by atoms with van der Waals surface area (Å²) in [4.78, 5) is 33.3. The van der Waals surface area contributed by atoms with Crippen molar-refractivity contribution < 1.29 is 50.5 Å². The summed E-state index contributed by atoms with van der Waals surface area (Å²) in [5.41, 5.74) is 0.0782. The lowest BCUT2D eigenvalue weighted by molar-refractivity contribution is -0.143. The Kier molecular flexibility index (Phi) is 8.95. The van der Waals surface area contributed by atoms with Crippen molar-refractivity contribution in [3.8, 4) is 16.9 Å². The molecule has 0 bridgehead atoms. The first-order chi connectivity index (χ1) is 23.0. The summed E-state index contributed by atoms with van der Waals surface area (Å²) >= 11 is 0. The van der Waals surface area contributed by atoms with E-state index >= 15 is 0 Å². The number of benzene rings is 2. The van der Waals surface area contributed by atoms with E-state index in [1.807, 2.05) is 25.1 Å². The summed E-state index contributed by atoms with van der Waals surface area (Å²) < 4.78 is 93.1. The first-order valence-electron chi connectivity index (χ1n) is 16.0. The minimum Gasteiger partial charge on any atom is -0.496 e. The molecule has 2 aromatic carbocycles. The number of carboxylic acids is 1. The van der Waals surface area contributed by atoms with Crippen LogP contribution in [0.25, 0.3) is 11.1 Å². The number of nitrogens with zero attached hydrogens (tertiary/aromatic N) is 3. The lowest BCUT2D eigenvalue weighted by Gasteiger charge is -2.33. The van der Waals surface area contributed by atoms with Crippen molar-refractivity contribution in [2.75, 3.05) is 25.1 Å². The molecule has 1 saturated carbocycles. The number of carboxylic acid groups (broad SMARTS) is 1. The van der Waals surface area contributed by atoms with E-state index in [1.165, 1.54) is 18.9 Å². The molecule has 49 heavy (non-hydrogen) atoms. The fourth-order valence-corrected chi connectivity index (χ4v) is 7.06. The van der Waals surface area contributed by atoms with E-state index in [4.69, 9.17) is 14.5 Å². The van der Waals surface area contributed by atoms with Crippen LogP contribution in [0.3, 0.4) is 0 Å². The standard InChI is InChI=1S/C35H35F6N3O5/c1-18-11-29(43-9-4-10-43)42-27(30(18)26-15-21(7-8-28(26)48-3)20-5-6-22(12-20)32(45)46)17-44-19(2)31(49-33(44)47)23-13-24(34(36,37)38)16-25(14-23)35(39,40)41/h7-8,11,13-16,19-20,22,31H,4-6,9-10,12,17H2,1-3H3,(H,45,46)/t19?,20-,22-,31?/m1/s1. The number of carbonyl (C=O) groups excluding carboxylic acids is 1. The molecule has 1 N–H and O–H groups in total. The summed E-state index contributed by atoms with van der Waals surface area (Å²) in [7, 11) is 1.51. The summed E-state index contributed by atoms with van der Waals surface area (Å²) in [6.07, 6.45) is -9.72. The molecule has 8 nitrogen and oxygen atoms in total. The zero-order chi connectivity index (χ0) is 35.4. The smallest absolute Gasteiger partial charge is 0.416 e. The molecule has 4 atom stereocenters. The van der Waals surface area contributed by atoms with Crippen molar-refractivity contribution in [3.63, 3.8) is 0 Å². The first kappa shape index (κ1) is 34.4. The lowest BCUT2D eigenvalue weighted by atomic mass is 9.90. The van der Waals surface area contributed by atoms with Crippen molar-refractivity contribution in [3.05, 3.63) is 76.0 Å². The predicted octanol–water partition coefficient (Wildman–Crippen LogP) is 8.36. The normalized spacial score (nSPS) is 22.7. The van der Waals surface area contributed by atoms with Crippen LogP contribution < -0.4 is 9.64 Å². The number of aliphatic carboxylic acids is 1. The average molecular weight is 692 g/mol. The van der Waals surface area contributed by atoms with Gasteiger partial charge >= 0.3 is 24.4 Å². The van der Waals surface area contributed by atoms with Gasteiger partial charge in [-0.25, -0.2) is 9.78 Å². The van der Waals surface area contributed by atoms with E-state index in [2.05, 4.69) is 4.90 Å². The number of ether oxygens (including phenoxy) is 2. The highest BCUT2D eigenvalue weighted by Crippen LogP contribution is 2.45. The largest absolute Gasteiger partial charge is 0.496 e. The van der Waals surface area contributed by atoms with Gasteiger partial charge in [0.1, 0.15) is 17.7 Å². The Labute approximate surface area is 278 Å². The van der Waals surface area contributed by atoms with Gasteiger partial charge < -0.3 is 19.5 Å². The number of alkyl halides is 6. The Morgan fingerprint density at radius 2 is 1.67 bits per heavy atom. The number of aryl methyl sites for hydroxylation is 1. The number of hydrogen-bond acceptors (Lipinski definition) is 6. The molecular formula is C35H35F6N3O5. The van der Waals surface area contributed by atoms with Crippen LogP contribution in [0.4, 0.5) is 37.0 Å². The highest BCUT2D eigenvalue weighted by molar-refractivity contribution is 5.79. The van der Waals surface area contributed by atoms with Crippen LogP contribution in [-0.2, 0) is 28.4 Å². The minimum atomic E-state index is -5.06. The highest BCUT2D eigenvalue weighted by Gasteiger charge is 2.44. The molecule has 14 heteroatoms.